The lowest BCUT2D eigenvalue weighted by Crippen LogP contribution is -2.72. The van der Waals surface area contributed by atoms with Crippen molar-refractivity contribution >= 4 is 11.9 Å². The molecule has 4 fully saturated rings. The van der Waals surface area contributed by atoms with Crippen molar-refractivity contribution in [2.75, 3.05) is 13.2 Å². The number of hydrogen-bond acceptors (Lipinski definition) is 8. The van der Waals surface area contributed by atoms with Crippen LogP contribution in [-0.2, 0) is 19.1 Å². The summed E-state index contributed by atoms with van der Waals surface area (Å²) < 4.78 is 11.7. The summed E-state index contributed by atoms with van der Waals surface area (Å²) in [5, 5.41) is 47.1. The number of carbonyl (C=O) groups excluding carboxylic acids is 2. The monoisotopic (exact) mass is 1410 g/mol. The van der Waals surface area contributed by atoms with Crippen LogP contribution < -0.4 is 0 Å². The molecule has 0 saturated heterocycles. The molecule has 0 spiro atoms. The molecule has 0 aromatic rings. The Labute approximate surface area is 624 Å². The van der Waals surface area contributed by atoms with Gasteiger partial charge in [-0.2, -0.15) is 0 Å². The van der Waals surface area contributed by atoms with E-state index in [4.69, 9.17) is 9.47 Å². The number of ether oxygens (including phenoxy) is 2. The molecule has 0 heterocycles. The molecule has 4 N–H and O–H groups in total. The molecular formula is C89H208O8. The molecule has 5 rings (SSSR count). The van der Waals surface area contributed by atoms with Crippen LogP contribution in [0.2, 0.25) is 0 Å². The van der Waals surface area contributed by atoms with E-state index in [0.29, 0.717) is 31.3 Å². The highest BCUT2D eigenvalue weighted by Gasteiger charge is 2.73. The lowest BCUT2D eigenvalue weighted by atomic mass is 9.33. The number of aliphatic hydroxyl groups excluding tert-OH is 4. The second-order valence-electron chi connectivity index (χ2n) is 18.6. The van der Waals surface area contributed by atoms with Crippen LogP contribution in [0.1, 0.15) is 452 Å². The number of aliphatic hydroxyl groups is 4. The van der Waals surface area contributed by atoms with Crippen LogP contribution in [0.15, 0.2) is 36.0 Å². The maximum Gasteiger partial charge on any atom is 0.333 e. The van der Waals surface area contributed by atoms with E-state index in [9.17, 15) is 30.0 Å². The van der Waals surface area contributed by atoms with Crippen molar-refractivity contribution in [1.82, 2.24) is 0 Å². The summed E-state index contributed by atoms with van der Waals surface area (Å²) in [6.45, 7) is 117. The Morgan fingerprint density at radius 3 is 1.14 bits per heavy atom. The van der Waals surface area contributed by atoms with Gasteiger partial charge in [0, 0.05) is 17.4 Å². The SMILES string of the molecule is C=CCCC(=O)OC[C@@]12C(CC(C)(C)[C@@H](O)[C@@H]1O)C1=CCC3[C@@]4(C)CC[C@H](O)[C@](C)(COC(=O)/C(C)=C/C)C4CC[C@@]3(C)[C@]1(C)C[C@H]2O.CC.CC.CC.CC.CC.CC.CC.CC.CC.CC.CC.CC.CC.CC.CC.CC.CC.CC.CC.CC.CC.CC.CC.CCC. The number of rotatable bonds is 8. The molecular weight excluding hydrogens is 1200 g/mol. The molecule has 0 aromatic heterocycles. The van der Waals surface area contributed by atoms with Crippen molar-refractivity contribution < 1.29 is 39.5 Å². The molecule has 0 aromatic carbocycles. The van der Waals surface area contributed by atoms with Gasteiger partial charge in [0.15, 0.2) is 0 Å². The summed E-state index contributed by atoms with van der Waals surface area (Å²) in [5.41, 5.74) is -1.43. The summed E-state index contributed by atoms with van der Waals surface area (Å²) in [6, 6.07) is 0. The minimum Gasteiger partial charge on any atom is -0.465 e. The third-order valence-corrected chi connectivity index (χ3v) is 15.2. The third kappa shape index (κ3) is 51.7. The predicted molar refractivity (Wildman–Crippen MR) is 461 cm³/mol. The number of esters is 2. The van der Waals surface area contributed by atoms with Crippen molar-refractivity contribution in [3.05, 3.63) is 36.0 Å². The Kier molecular flexibility index (Phi) is 177. The van der Waals surface area contributed by atoms with Gasteiger partial charge in [-0.05, 0) is 105 Å². The topological polar surface area (TPSA) is 134 Å². The average molecular weight is 1410 g/mol. The molecule has 12 atom stereocenters. The van der Waals surface area contributed by atoms with E-state index >= 15 is 0 Å². The number of carbonyl (C=O) groups is 2. The zero-order valence-electron chi connectivity index (χ0n) is 79.4. The van der Waals surface area contributed by atoms with Gasteiger partial charge in [-0.3, -0.25) is 4.79 Å². The molecule has 612 valence electrons. The summed E-state index contributed by atoms with van der Waals surface area (Å²) in [7, 11) is 0. The molecule has 5 aliphatic carbocycles. The molecule has 0 radical (unpaired) electrons. The van der Waals surface area contributed by atoms with Crippen LogP contribution in [0.3, 0.4) is 0 Å². The molecule has 5 aliphatic rings. The van der Waals surface area contributed by atoms with Gasteiger partial charge in [-0.15, -0.1) is 6.58 Å². The first-order chi connectivity index (χ1) is 46.7. The fourth-order valence-electron chi connectivity index (χ4n) is 11.8. The first-order valence-corrected chi connectivity index (χ1v) is 42.7. The minimum atomic E-state index is -1.27. The standard InChI is InChI=1S/C40H62O8.C3H8.23C2H6/c1-10-12-13-31(43)47-23-40-26(20-35(4,5)32(44)33(40)45)25-14-15-28-36(6)18-17-29(41)37(7,22-48-34(46)24(3)11-2)27(36)16-19-38(28,8)39(25,9)21-30(40)42;1-3-2;23*1-2/h10-11,14,26-30,32-33,41-42,44-45H,1,12-13,15-23H2,2-9H3;3H2,1-2H3;23*1-2H3/b24-11+;;;;;;;;;;;;;;;;;;;;;;;;/t26?,27?,28?,29-,30+,32-,33-,36-,37+,38+,39+,40-;;;;;;;;;;;;;;;;;;;;;;;;/m0......................../s1. The van der Waals surface area contributed by atoms with Crippen molar-refractivity contribution in [2.24, 2.45) is 50.2 Å². The van der Waals surface area contributed by atoms with Crippen molar-refractivity contribution in [1.29, 1.82) is 0 Å². The van der Waals surface area contributed by atoms with Crippen molar-refractivity contribution in [3.63, 3.8) is 0 Å². The van der Waals surface area contributed by atoms with E-state index in [-0.39, 0.29) is 54.2 Å². The van der Waals surface area contributed by atoms with Crippen LogP contribution in [0.5, 0.6) is 0 Å². The maximum atomic E-state index is 12.7. The summed E-state index contributed by atoms with van der Waals surface area (Å²) in [4.78, 5) is 25.4. The molecule has 97 heavy (non-hydrogen) atoms. The fourth-order valence-corrected chi connectivity index (χ4v) is 11.8. The van der Waals surface area contributed by atoms with Gasteiger partial charge in [0.1, 0.15) is 6.61 Å². The van der Waals surface area contributed by atoms with Gasteiger partial charge in [0.2, 0.25) is 0 Å². The Morgan fingerprint density at radius 1 is 0.485 bits per heavy atom. The first-order valence-electron chi connectivity index (χ1n) is 42.7. The third-order valence-electron chi connectivity index (χ3n) is 15.2. The molecule has 0 amide bonds. The van der Waals surface area contributed by atoms with Gasteiger partial charge in [-0.1, -0.05) is 404 Å². The van der Waals surface area contributed by atoms with Gasteiger partial charge in [-0.25, -0.2) is 4.79 Å². The summed E-state index contributed by atoms with van der Waals surface area (Å²) in [5.74, 6) is -0.647. The second kappa shape index (κ2) is 115. The first kappa shape index (κ1) is 149. The van der Waals surface area contributed by atoms with Crippen LogP contribution in [-0.4, -0.2) is 70.0 Å². The van der Waals surface area contributed by atoms with Gasteiger partial charge in [0.25, 0.3) is 0 Å². The van der Waals surface area contributed by atoms with E-state index in [0.717, 1.165) is 25.7 Å². The van der Waals surface area contributed by atoms with Crippen LogP contribution in [0.4, 0.5) is 0 Å². The quantitative estimate of drug-likeness (QED) is 0.107. The molecule has 8 nitrogen and oxygen atoms in total. The highest BCUT2D eigenvalue weighted by atomic mass is 16.5. The molecule has 0 bridgehead atoms. The Morgan fingerprint density at radius 2 is 0.825 bits per heavy atom. The predicted octanol–water partition coefficient (Wildman–Crippen LogP) is 31.1. The van der Waals surface area contributed by atoms with Crippen LogP contribution in [0, 0.1) is 50.2 Å². The van der Waals surface area contributed by atoms with E-state index in [1.165, 1.54) is 12.0 Å². The van der Waals surface area contributed by atoms with Crippen molar-refractivity contribution in [2.45, 2.75) is 476 Å². The van der Waals surface area contributed by atoms with E-state index in [1.54, 1.807) is 19.1 Å². The summed E-state index contributed by atoms with van der Waals surface area (Å²) >= 11 is 0. The smallest absolute Gasteiger partial charge is 0.333 e. The zero-order chi connectivity index (χ0) is 84.4. The van der Waals surface area contributed by atoms with Gasteiger partial charge >= 0.3 is 11.9 Å². The molecule has 8 heteroatoms. The minimum absolute atomic E-state index is 0.136. The van der Waals surface area contributed by atoms with Gasteiger partial charge < -0.3 is 29.9 Å². The Balaban J connectivity index is -0.0000000567. The van der Waals surface area contributed by atoms with Gasteiger partial charge in [0.05, 0.1) is 36.4 Å². The molecule has 3 unspecified atom stereocenters. The molecule has 0 aliphatic heterocycles. The zero-order valence-corrected chi connectivity index (χ0v) is 79.4. The van der Waals surface area contributed by atoms with Crippen molar-refractivity contribution in [3.8, 4) is 0 Å². The highest BCUT2D eigenvalue weighted by Crippen LogP contribution is 2.76. The Hall–Kier alpha value is -2.00. The number of allylic oxidation sites excluding steroid dienone is 4. The lowest BCUT2D eigenvalue weighted by Gasteiger charge is -2.72. The second-order valence-corrected chi connectivity index (χ2v) is 18.6. The largest absolute Gasteiger partial charge is 0.465 e. The average Bonchev–Trinajstić information content (AvgIpc) is 0.675. The van der Waals surface area contributed by atoms with E-state index < -0.39 is 52.0 Å². The van der Waals surface area contributed by atoms with Crippen LogP contribution >= 0.6 is 0 Å². The van der Waals surface area contributed by atoms with E-state index in [1.807, 2.05) is 339 Å². The molecule has 4 saturated carbocycles. The lowest BCUT2D eigenvalue weighted by molar-refractivity contribution is -0.261. The fraction of sp³-hybridized carbons (Fsp3) is 0.910. The van der Waals surface area contributed by atoms with E-state index in [2.05, 4.69) is 54.2 Å². The summed E-state index contributed by atoms with van der Waals surface area (Å²) in [6.07, 6.45) is 8.73. The van der Waals surface area contributed by atoms with Crippen LogP contribution in [0.25, 0.3) is 0 Å². The Bertz CT molecular complexity index is 1380. The maximum absolute atomic E-state index is 12.7. The highest BCUT2D eigenvalue weighted by molar-refractivity contribution is 5.87. The number of fused-ring (bicyclic) bond motifs is 7. The normalized spacial score (nSPS) is 24.6. The number of hydrogen-bond donors (Lipinski definition) is 4.